The topological polar surface area (TPSA) is 313 Å². The van der Waals surface area contributed by atoms with Crippen LogP contribution in [0.3, 0.4) is 0 Å². The summed E-state index contributed by atoms with van der Waals surface area (Å²) in [4.78, 5) is 109. The maximum Gasteiger partial charge on any atom is 0.302 e. The molecule has 15 atom stereocenters. The molecule has 25 heteroatoms. The quantitative estimate of drug-likeness (QED) is 0.0250. The smallest absolute Gasteiger partial charge is 0.302 e. The van der Waals surface area contributed by atoms with E-state index in [1.54, 1.807) is 0 Å². The highest BCUT2D eigenvalue weighted by atomic mass is 16.7. The molecule has 0 spiro atoms. The predicted molar refractivity (Wildman–Crippen MR) is 436 cm³/mol. The van der Waals surface area contributed by atoms with Gasteiger partial charge in [-0.3, -0.25) is 43.2 Å². The molecule has 3 aliphatic rings. The molecule has 0 aromatic rings. The van der Waals surface area contributed by atoms with Crippen molar-refractivity contribution in [3.05, 3.63) is 0 Å². The summed E-state index contributed by atoms with van der Waals surface area (Å²) in [5.74, 6) is -0.644. The molecule has 0 bridgehead atoms. The minimum absolute atomic E-state index is 0.0463. The average Bonchev–Trinajstić information content (AvgIpc) is 0.818. The van der Waals surface area contributed by atoms with Crippen molar-refractivity contribution in [1.29, 1.82) is 0 Å². The molecule has 3 rings (SSSR count). The molecule has 656 valence electrons. The normalized spacial score (nSPS) is 24.2. The number of carbonyl (C=O) groups excluding carboxylic acids is 9. The van der Waals surface area contributed by atoms with E-state index in [4.69, 9.17) is 56.8 Å². The van der Waals surface area contributed by atoms with Gasteiger partial charge in [0.25, 0.3) is 0 Å². The second-order valence-corrected chi connectivity index (χ2v) is 33.4. The number of hydrogen-bond donors (Lipinski definition) is 4. The summed E-state index contributed by atoms with van der Waals surface area (Å²) >= 11 is 0. The van der Waals surface area contributed by atoms with Crippen LogP contribution in [0.15, 0.2) is 0 Å². The van der Waals surface area contributed by atoms with Crippen LogP contribution in [0.1, 0.15) is 328 Å². The van der Waals surface area contributed by atoms with E-state index in [1.807, 2.05) is 27.7 Å². The Morgan fingerprint density at radius 3 is 0.814 bits per heavy atom. The van der Waals surface area contributed by atoms with Crippen molar-refractivity contribution >= 4 is 53.1 Å². The highest BCUT2D eigenvalue weighted by molar-refractivity contribution is 5.79. The summed E-state index contributed by atoms with van der Waals surface area (Å²) in [5.41, 5.74) is -0.558. The first-order valence-corrected chi connectivity index (χ1v) is 44.3. The predicted octanol–water partition coefficient (Wildman–Crippen LogP) is 15.0. The van der Waals surface area contributed by atoms with Gasteiger partial charge < -0.3 is 78.1 Å². The van der Waals surface area contributed by atoms with Crippen LogP contribution in [0.4, 0.5) is 0 Å². The van der Waals surface area contributed by atoms with Gasteiger partial charge in [-0.2, -0.15) is 0 Å². The van der Waals surface area contributed by atoms with Gasteiger partial charge in [-0.1, -0.05) is 215 Å². The third-order valence-corrected chi connectivity index (χ3v) is 23.0. The number of Topliss-reactive ketones (excluding diaryl/α,β-unsaturated/α-hetero) is 2. The summed E-state index contributed by atoms with van der Waals surface area (Å²) < 4.78 is 71.3. The number of nitrogens with one attached hydrogen (secondary N) is 4. The van der Waals surface area contributed by atoms with Crippen molar-refractivity contribution in [3.8, 4) is 0 Å². The molecule has 3 fully saturated rings. The fourth-order valence-corrected chi connectivity index (χ4v) is 15.2. The van der Waals surface area contributed by atoms with Gasteiger partial charge in [-0.05, 0) is 74.0 Å². The lowest BCUT2D eigenvalue weighted by Crippen LogP contribution is -2.58. The van der Waals surface area contributed by atoms with Crippen molar-refractivity contribution in [2.75, 3.05) is 85.8 Å². The Hall–Kier alpha value is -4.73. The van der Waals surface area contributed by atoms with Crippen molar-refractivity contribution in [3.63, 3.8) is 0 Å². The Balaban J connectivity index is 1.29. The van der Waals surface area contributed by atoms with E-state index < -0.39 is 24.3 Å². The zero-order chi connectivity index (χ0) is 83.0. The maximum absolute atomic E-state index is 13.0. The third-order valence-electron chi connectivity index (χ3n) is 23.0. The summed E-state index contributed by atoms with van der Waals surface area (Å²) in [7, 11) is 0. The van der Waals surface area contributed by atoms with Gasteiger partial charge in [-0.25, -0.2) is 0 Å². The molecule has 15 unspecified atom stereocenters. The molecular formula is C88H158N4O21. The van der Waals surface area contributed by atoms with E-state index in [2.05, 4.69) is 42.0 Å². The monoisotopic (exact) mass is 1610 g/mol. The number of rotatable bonds is 68. The largest absolute Gasteiger partial charge is 0.463 e. The fourth-order valence-electron chi connectivity index (χ4n) is 15.2. The summed E-state index contributed by atoms with van der Waals surface area (Å²) in [6, 6.07) is -0.831. The number of hydrogen-bond acceptors (Lipinski definition) is 21. The van der Waals surface area contributed by atoms with Crippen LogP contribution in [0, 0.1) is 40.9 Å². The molecule has 3 aliphatic heterocycles. The first-order chi connectivity index (χ1) is 54.2. The van der Waals surface area contributed by atoms with Gasteiger partial charge in [0.1, 0.15) is 31.4 Å². The number of ether oxygens (including phenoxy) is 12. The van der Waals surface area contributed by atoms with Crippen LogP contribution in [-0.4, -0.2) is 194 Å². The van der Waals surface area contributed by atoms with Crippen molar-refractivity contribution in [2.24, 2.45) is 40.9 Å². The van der Waals surface area contributed by atoms with Gasteiger partial charge in [0.15, 0.2) is 18.9 Å². The maximum atomic E-state index is 13.0. The minimum Gasteiger partial charge on any atom is -0.463 e. The van der Waals surface area contributed by atoms with Gasteiger partial charge in [0.2, 0.25) is 23.6 Å². The van der Waals surface area contributed by atoms with Gasteiger partial charge in [0.05, 0.1) is 76.1 Å². The highest BCUT2D eigenvalue weighted by Gasteiger charge is 2.46. The molecule has 0 aromatic carbocycles. The van der Waals surface area contributed by atoms with Crippen LogP contribution in [0.25, 0.3) is 0 Å². The molecule has 4 N–H and O–H groups in total. The summed E-state index contributed by atoms with van der Waals surface area (Å²) in [6.07, 6.45) is 34.2. The number of ketones is 2. The Kier molecular flexibility index (Phi) is 56.6. The molecule has 0 radical (unpaired) electrons. The van der Waals surface area contributed by atoms with E-state index in [-0.39, 0.29) is 158 Å². The van der Waals surface area contributed by atoms with E-state index in [0.717, 1.165) is 141 Å². The van der Waals surface area contributed by atoms with E-state index >= 15 is 0 Å². The van der Waals surface area contributed by atoms with Gasteiger partial charge in [-0.15, -0.1) is 0 Å². The highest BCUT2D eigenvalue weighted by Crippen LogP contribution is 2.35. The number of amides is 4. The molecule has 0 saturated carbocycles. The van der Waals surface area contributed by atoms with E-state index in [9.17, 15) is 43.2 Å². The van der Waals surface area contributed by atoms with Crippen molar-refractivity contribution in [2.45, 2.75) is 383 Å². The Morgan fingerprint density at radius 1 is 0.301 bits per heavy atom. The van der Waals surface area contributed by atoms with Crippen molar-refractivity contribution in [1.82, 2.24) is 21.3 Å². The molecule has 0 aliphatic carbocycles. The van der Waals surface area contributed by atoms with Gasteiger partial charge in [0, 0.05) is 105 Å². The molecule has 4 amide bonds. The van der Waals surface area contributed by atoms with Crippen LogP contribution >= 0.6 is 0 Å². The molecule has 3 heterocycles. The number of esters is 3. The lowest BCUT2D eigenvalue weighted by molar-refractivity contribution is -0.244. The summed E-state index contributed by atoms with van der Waals surface area (Å²) in [6.45, 7) is 27.5. The molecule has 25 nitrogen and oxygen atoms in total. The fraction of sp³-hybridized carbons (Fsp3) is 0.898. The SMILES string of the molecule is CC(=O)NC1C(OCCCCCCCCCCCCCC(=O)CCOCC(C)(COCCC(=O)CCCCCCCCCCCCCOC2OC(COC(C)=O)C(C)C(C)C2NC(C)=O)COCCC(=O)NCCCCCCCCCCCCOC2OC(COC(C)=O)C(C)C(C)C2NC(C)=O)OC(COC(C)=O)C(C)C1C. The average molecular weight is 1610 g/mol. The standard InChI is InChI=1S/C88H158N4O21/c1-64-67(4)82(90-70(7)93)85(111-78(64)58-108-73(10)96)105-52-43-37-31-25-19-14-16-22-28-34-40-46-76(99)48-55-102-61-88(13,62-103-56-49-77(100)47-41-35-29-23-17-15-20-26-32-38-44-53-106-86-83(91-71(8)94)68(5)65(2)79(112-86)59-109-74(11)97)63-104-57-50-81(101)89-51-42-36-30-24-18-21-27-33-39-45-54-107-87-84(92-72(9)95)69(6)66(3)80(113-87)60-110-75(12)98/h64-69,78-80,82-87H,14-63H2,1-13H3,(H,89,101)(H,90,93)(H,91,94)(H,92,95). The summed E-state index contributed by atoms with van der Waals surface area (Å²) in [5, 5.41) is 12.1. The number of unbranched alkanes of at least 4 members (excludes halogenated alkanes) is 29. The molecular weight excluding hydrogens is 1450 g/mol. The Morgan fingerprint density at radius 2 is 0.549 bits per heavy atom. The van der Waals surface area contributed by atoms with E-state index in [0.29, 0.717) is 85.1 Å². The molecule has 0 aromatic heterocycles. The lowest BCUT2D eigenvalue weighted by Gasteiger charge is -2.44. The molecule has 3 saturated heterocycles. The van der Waals surface area contributed by atoms with Crippen LogP contribution in [0.2, 0.25) is 0 Å². The van der Waals surface area contributed by atoms with E-state index in [1.165, 1.54) is 106 Å². The zero-order valence-electron chi connectivity index (χ0n) is 72.6. The first-order valence-electron chi connectivity index (χ1n) is 44.3. The third kappa shape index (κ3) is 48.1. The minimum atomic E-state index is -0.600. The first kappa shape index (κ1) is 102. The van der Waals surface area contributed by atoms with Crippen LogP contribution < -0.4 is 21.3 Å². The Labute approximate surface area is 680 Å². The van der Waals surface area contributed by atoms with Crippen molar-refractivity contribution < 1.29 is 100.0 Å². The van der Waals surface area contributed by atoms with Gasteiger partial charge >= 0.3 is 17.9 Å². The Bertz CT molecular complexity index is 2330. The second kappa shape index (κ2) is 62.5. The lowest BCUT2D eigenvalue weighted by atomic mass is 9.82. The molecule has 113 heavy (non-hydrogen) atoms. The van der Waals surface area contributed by atoms with Crippen LogP contribution in [-0.2, 0) is 100.0 Å². The number of carbonyl (C=O) groups is 9. The zero-order valence-corrected chi connectivity index (χ0v) is 72.6. The van der Waals surface area contributed by atoms with Crippen LogP contribution in [0.5, 0.6) is 0 Å². The second-order valence-electron chi connectivity index (χ2n) is 33.4.